The SMILES string of the molecule is CC(C)NCCC(C(=O)O)N1CCOCC1. The third kappa shape index (κ3) is 4.47. The van der Waals surface area contributed by atoms with E-state index in [0.29, 0.717) is 25.7 Å². The largest absolute Gasteiger partial charge is 0.480 e. The molecule has 16 heavy (non-hydrogen) atoms. The van der Waals surface area contributed by atoms with Gasteiger partial charge in [-0.1, -0.05) is 13.8 Å². The van der Waals surface area contributed by atoms with Gasteiger partial charge in [-0.25, -0.2) is 0 Å². The molecule has 1 heterocycles. The number of nitrogens with zero attached hydrogens (tertiary/aromatic N) is 1. The van der Waals surface area contributed by atoms with Crippen LogP contribution in [0.3, 0.4) is 0 Å². The van der Waals surface area contributed by atoms with Crippen LogP contribution in [-0.2, 0) is 9.53 Å². The third-order valence-corrected chi connectivity index (χ3v) is 2.74. The first kappa shape index (κ1) is 13.4. The molecule has 0 amide bonds. The summed E-state index contributed by atoms with van der Waals surface area (Å²) in [5.74, 6) is -0.729. The standard InChI is InChI=1S/C11H22N2O3/c1-9(2)12-4-3-10(11(14)15)13-5-7-16-8-6-13/h9-10,12H,3-8H2,1-2H3,(H,14,15). The van der Waals surface area contributed by atoms with E-state index in [1.54, 1.807) is 0 Å². The maximum absolute atomic E-state index is 11.2. The molecule has 1 atom stereocenters. The second-order valence-electron chi connectivity index (χ2n) is 4.40. The van der Waals surface area contributed by atoms with Crippen LogP contribution in [-0.4, -0.2) is 60.9 Å². The molecule has 1 aliphatic rings. The van der Waals surface area contributed by atoms with Crippen LogP contribution in [0.5, 0.6) is 0 Å². The number of nitrogens with one attached hydrogen (secondary N) is 1. The van der Waals surface area contributed by atoms with Crippen molar-refractivity contribution >= 4 is 5.97 Å². The lowest BCUT2D eigenvalue weighted by Gasteiger charge is -2.32. The van der Waals surface area contributed by atoms with Gasteiger partial charge >= 0.3 is 5.97 Å². The Hall–Kier alpha value is -0.650. The molecule has 0 spiro atoms. The number of ether oxygens (including phenoxy) is 1. The van der Waals surface area contributed by atoms with Crippen molar-refractivity contribution in [1.29, 1.82) is 0 Å². The molecule has 0 radical (unpaired) electrons. The summed E-state index contributed by atoms with van der Waals surface area (Å²) in [6.07, 6.45) is 0.646. The van der Waals surface area contributed by atoms with E-state index >= 15 is 0 Å². The number of carboxylic acids is 1. The molecule has 1 aliphatic heterocycles. The van der Waals surface area contributed by atoms with E-state index in [9.17, 15) is 9.90 Å². The fraction of sp³-hybridized carbons (Fsp3) is 0.909. The van der Waals surface area contributed by atoms with Crippen molar-refractivity contribution in [3.8, 4) is 0 Å². The Balaban J connectivity index is 2.37. The van der Waals surface area contributed by atoms with Crippen LogP contribution in [0.1, 0.15) is 20.3 Å². The van der Waals surface area contributed by atoms with E-state index in [1.165, 1.54) is 0 Å². The number of rotatable bonds is 6. The fourth-order valence-electron chi connectivity index (χ4n) is 1.86. The molecule has 94 valence electrons. The smallest absolute Gasteiger partial charge is 0.320 e. The van der Waals surface area contributed by atoms with Crippen molar-refractivity contribution in [2.24, 2.45) is 0 Å². The number of carboxylic acid groups (broad SMARTS) is 1. The Morgan fingerprint density at radius 2 is 2.06 bits per heavy atom. The van der Waals surface area contributed by atoms with Crippen molar-refractivity contribution < 1.29 is 14.6 Å². The van der Waals surface area contributed by atoms with Crippen molar-refractivity contribution in [1.82, 2.24) is 10.2 Å². The topological polar surface area (TPSA) is 61.8 Å². The fourth-order valence-corrected chi connectivity index (χ4v) is 1.86. The van der Waals surface area contributed by atoms with Crippen LogP contribution < -0.4 is 5.32 Å². The first-order chi connectivity index (χ1) is 7.61. The molecule has 0 saturated carbocycles. The molecule has 1 unspecified atom stereocenters. The van der Waals surface area contributed by atoms with Crippen molar-refractivity contribution in [3.63, 3.8) is 0 Å². The number of hydrogen-bond acceptors (Lipinski definition) is 4. The average molecular weight is 230 g/mol. The molecule has 1 fully saturated rings. The van der Waals surface area contributed by atoms with Gasteiger partial charge in [0, 0.05) is 19.1 Å². The second-order valence-corrected chi connectivity index (χ2v) is 4.40. The molecule has 0 aliphatic carbocycles. The highest BCUT2D eigenvalue weighted by Crippen LogP contribution is 2.07. The highest BCUT2D eigenvalue weighted by molar-refractivity contribution is 5.73. The summed E-state index contributed by atoms with van der Waals surface area (Å²) < 4.78 is 5.22. The number of aliphatic carboxylic acids is 1. The summed E-state index contributed by atoms with van der Waals surface area (Å²) in [6, 6.07) is 0.0225. The Labute approximate surface area is 96.8 Å². The Kier molecular flexibility index (Phi) is 5.73. The summed E-state index contributed by atoms with van der Waals surface area (Å²) in [7, 11) is 0. The van der Waals surface area contributed by atoms with Crippen LogP contribution in [0.25, 0.3) is 0 Å². The van der Waals surface area contributed by atoms with Crippen molar-refractivity contribution in [2.45, 2.75) is 32.4 Å². The first-order valence-electron chi connectivity index (χ1n) is 5.89. The number of carbonyl (C=O) groups is 1. The summed E-state index contributed by atoms with van der Waals surface area (Å²) in [5, 5.41) is 12.4. The van der Waals surface area contributed by atoms with Gasteiger partial charge in [-0.05, 0) is 13.0 Å². The van der Waals surface area contributed by atoms with E-state index in [2.05, 4.69) is 19.2 Å². The molecular formula is C11H22N2O3. The molecule has 0 aromatic heterocycles. The van der Waals surface area contributed by atoms with E-state index in [4.69, 9.17) is 4.74 Å². The second kappa shape index (κ2) is 6.83. The first-order valence-corrected chi connectivity index (χ1v) is 5.89. The van der Waals surface area contributed by atoms with E-state index in [0.717, 1.165) is 19.6 Å². The van der Waals surface area contributed by atoms with Gasteiger partial charge in [0.1, 0.15) is 6.04 Å². The monoisotopic (exact) mass is 230 g/mol. The minimum Gasteiger partial charge on any atom is -0.480 e. The van der Waals surface area contributed by atoms with Gasteiger partial charge < -0.3 is 15.2 Å². The summed E-state index contributed by atoms with van der Waals surface area (Å²) in [4.78, 5) is 13.2. The molecule has 1 rings (SSSR count). The van der Waals surface area contributed by atoms with Gasteiger partial charge in [0.2, 0.25) is 0 Å². The molecule has 0 aromatic rings. The summed E-state index contributed by atoms with van der Waals surface area (Å²) in [6.45, 7) is 7.58. The molecule has 2 N–H and O–H groups in total. The quantitative estimate of drug-likeness (QED) is 0.680. The zero-order chi connectivity index (χ0) is 12.0. The predicted octanol–water partition coefficient (Wildman–Crippen LogP) is 0.160. The lowest BCUT2D eigenvalue weighted by Crippen LogP contribution is -2.48. The highest BCUT2D eigenvalue weighted by Gasteiger charge is 2.26. The van der Waals surface area contributed by atoms with Gasteiger partial charge in [0.25, 0.3) is 0 Å². The predicted molar refractivity (Wildman–Crippen MR) is 61.6 cm³/mol. The normalized spacial score (nSPS) is 19.9. The zero-order valence-electron chi connectivity index (χ0n) is 10.1. The summed E-state index contributed by atoms with van der Waals surface area (Å²) >= 11 is 0. The number of morpholine rings is 1. The molecule has 0 bridgehead atoms. The molecular weight excluding hydrogens is 208 g/mol. The van der Waals surface area contributed by atoms with Crippen LogP contribution in [0.15, 0.2) is 0 Å². The van der Waals surface area contributed by atoms with Crippen LogP contribution in [0.4, 0.5) is 0 Å². The van der Waals surface area contributed by atoms with E-state index < -0.39 is 5.97 Å². The number of hydrogen-bond donors (Lipinski definition) is 2. The average Bonchev–Trinajstić information content (AvgIpc) is 2.25. The Bertz CT molecular complexity index is 215. The molecule has 5 nitrogen and oxygen atoms in total. The Morgan fingerprint density at radius 1 is 1.44 bits per heavy atom. The van der Waals surface area contributed by atoms with E-state index in [-0.39, 0.29) is 6.04 Å². The van der Waals surface area contributed by atoms with Gasteiger partial charge in [0.05, 0.1) is 13.2 Å². The maximum Gasteiger partial charge on any atom is 0.320 e. The molecule has 5 heteroatoms. The minimum absolute atomic E-state index is 0.379. The van der Waals surface area contributed by atoms with Crippen molar-refractivity contribution in [2.75, 3.05) is 32.8 Å². The lowest BCUT2D eigenvalue weighted by molar-refractivity contribution is -0.145. The lowest BCUT2D eigenvalue weighted by atomic mass is 10.1. The molecule has 0 aromatic carbocycles. The highest BCUT2D eigenvalue weighted by atomic mass is 16.5. The summed E-state index contributed by atoms with van der Waals surface area (Å²) in [5.41, 5.74) is 0. The van der Waals surface area contributed by atoms with Crippen molar-refractivity contribution in [3.05, 3.63) is 0 Å². The van der Waals surface area contributed by atoms with Gasteiger partial charge in [-0.15, -0.1) is 0 Å². The van der Waals surface area contributed by atoms with E-state index in [1.807, 2.05) is 4.90 Å². The van der Waals surface area contributed by atoms with Gasteiger partial charge in [0.15, 0.2) is 0 Å². The third-order valence-electron chi connectivity index (χ3n) is 2.74. The Morgan fingerprint density at radius 3 is 2.56 bits per heavy atom. The van der Waals surface area contributed by atoms with Crippen LogP contribution in [0.2, 0.25) is 0 Å². The zero-order valence-corrected chi connectivity index (χ0v) is 10.1. The maximum atomic E-state index is 11.2. The molecule has 1 saturated heterocycles. The van der Waals surface area contributed by atoms with Crippen LogP contribution in [0, 0.1) is 0 Å². The minimum atomic E-state index is -0.729. The van der Waals surface area contributed by atoms with Crippen LogP contribution >= 0.6 is 0 Å². The van der Waals surface area contributed by atoms with Gasteiger partial charge in [-0.2, -0.15) is 0 Å². The van der Waals surface area contributed by atoms with Gasteiger partial charge in [-0.3, -0.25) is 9.69 Å².